The van der Waals surface area contributed by atoms with Crippen molar-refractivity contribution in [2.45, 2.75) is 45.7 Å². The number of carbonyl (C=O) groups excluding carboxylic acids is 3. The maximum atomic E-state index is 13.1. The molecule has 9 heteroatoms. The van der Waals surface area contributed by atoms with Crippen LogP contribution in [0.25, 0.3) is 0 Å². The summed E-state index contributed by atoms with van der Waals surface area (Å²) in [6, 6.07) is 1.59. The molecule has 0 bridgehead atoms. The minimum Gasteiger partial charge on any atom is -0.338 e. The molecule has 2 aromatic rings. The summed E-state index contributed by atoms with van der Waals surface area (Å²) in [5.74, 6) is -0.162. The molecule has 2 aromatic heterocycles. The first-order valence-corrected chi connectivity index (χ1v) is 11.4. The lowest BCUT2D eigenvalue weighted by atomic mass is 9.79. The van der Waals surface area contributed by atoms with Gasteiger partial charge in [0.15, 0.2) is 0 Å². The van der Waals surface area contributed by atoms with Gasteiger partial charge in [-0.1, -0.05) is 0 Å². The summed E-state index contributed by atoms with van der Waals surface area (Å²) < 4.78 is 0. The third kappa shape index (κ3) is 3.57. The SMILES string of the molecule is Cc1nc(C)c(C(=O)N2CCC(C3(C)NC(=O)N(Cc4ccsc4)C3=O)CC2)s1. The Hall–Kier alpha value is -2.26. The molecule has 1 unspecified atom stereocenters. The Bertz CT molecular complexity index is 947. The van der Waals surface area contributed by atoms with Crippen molar-refractivity contribution in [2.24, 2.45) is 5.92 Å². The van der Waals surface area contributed by atoms with Crippen LogP contribution in [0, 0.1) is 19.8 Å². The van der Waals surface area contributed by atoms with Gasteiger partial charge in [0.25, 0.3) is 11.8 Å². The minimum atomic E-state index is -0.917. The maximum absolute atomic E-state index is 13.1. The van der Waals surface area contributed by atoms with Gasteiger partial charge < -0.3 is 10.2 Å². The third-order valence-electron chi connectivity index (χ3n) is 5.92. The Kier molecular flexibility index (Phi) is 5.20. The number of nitrogens with one attached hydrogen (secondary N) is 1. The number of nitrogens with zero attached hydrogens (tertiary/aromatic N) is 3. The molecular formula is C20H24N4O3S2. The zero-order valence-electron chi connectivity index (χ0n) is 16.7. The Morgan fingerprint density at radius 2 is 2.03 bits per heavy atom. The van der Waals surface area contributed by atoms with E-state index in [4.69, 9.17) is 0 Å². The fourth-order valence-electron chi connectivity index (χ4n) is 4.23. The summed E-state index contributed by atoms with van der Waals surface area (Å²) in [7, 11) is 0. The van der Waals surface area contributed by atoms with E-state index in [1.54, 1.807) is 11.3 Å². The molecule has 0 aliphatic carbocycles. The number of hydrogen-bond acceptors (Lipinski definition) is 6. The Balaban J connectivity index is 1.42. The summed E-state index contributed by atoms with van der Waals surface area (Å²) in [5.41, 5.74) is 0.812. The van der Waals surface area contributed by atoms with Crippen molar-refractivity contribution in [3.8, 4) is 0 Å². The predicted octanol–water partition coefficient (Wildman–Crippen LogP) is 3.18. The largest absolute Gasteiger partial charge is 0.338 e. The van der Waals surface area contributed by atoms with Gasteiger partial charge in [0.2, 0.25) is 0 Å². The quantitative estimate of drug-likeness (QED) is 0.753. The van der Waals surface area contributed by atoms with Crippen molar-refractivity contribution < 1.29 is 14.4 Å². The molecule has 1 atom stereocenters. The first-order chi connectivity index (χ1) is 13.8. The van der Waals surface area contributed by atoms with Crippen LogP contribution in [0.5, 0.6) is 0 Å². The van der Waals surface area contributed by atoms with Crippen LogP contribution in [0.3, 0.4) is 0 Å². The average molecular weight is 433 g/mol. The van der Waals surface area contributed by atoms with Crippen molar-refractivity contribution in [1.82, 2.24) is 20.1 Å². The minimum absolute atomic E-state index is 0.000214. The van der Waals surface area contributed by atoms with Crippen molar-refractivity contribution in [1.29, 1.82) is 0 Å². The second-order valence-electron chi connectivity index (χ2n) is 7.87. The molecule has 2 aliphatic heterocycles. The fourth-order valence-corrected chi connectivity index (χ4v) is 5.78. The molecule has 4 amide bonds. The number of thiophene rings is 1. The normalized spacial score (nSPS) is 23.0. The Morgan fingerprint density at radius 1 is 1.31 bits per heavy atom. The van der Waals surface area contributed by atoms with Crippen LogP contribution in [0.1, 0.15) is 45.7 Å². The average Bonchev–Trinajstić information content (AvgIpc) is 3.38. The van der Waals surface area contributed by atoms with Gasteiger partial charge >= 0.3 is 6.03 Å². The van der Waals surface area contributed by atoms with Gasteiger partial charge in [0.05, 0.1) is 17.2 Å². The van der Waals surface area contributed by atoms with E-state index in [9.17, 15) is 14.4 Å². The van der Waals surface area contributed by atoms with Gasteiger partial charge in [0, 0.05) is 13.1 Å². The molecule has 0 radical (unpaired) electrons. The number of aromatic nitrogens is 1. The number of piperidine rings is 1. The Labute approximate surface area is 177 Å². The highest BCUT2D eigenvalue weighted by Crippen LogP contribution is 2.35. The van der Waals surface area contributed by atoms with Gasteiger partial charge in [-0.2, -0.15) is 11.3 Å². The standard InChI is InChI=1S/C20H24N4O3S2/c1-12-16(29-13(2)21-12)17(25)23-7-4-15(5-8-23)20(3)18(26)24(19(27)22-20)10-14-6-9-28-11-14/h6,9,11,15H,4-5,7-8,10H2,1-3H3,(H,22,27). The topological polar surface area (TPSA) is 82.6 Å². The van der Waals surface area contributed by atoms with Gasteiger partial charge in [-0.05, 0) is 61.9 Å². The highest BCUT2D eigenvalue weighted by molar-refractivity contribution is 7.13. The summed E-state index contributed by atoms with van der Waals surface area (Å²) in [5, 5.41) is 7.70. The highest BCUT2D eigenvalue weighted by Gasteiger charge is 2.52. The molecule has 2 aliphatic rings. The highest BCUT2D eigenvalue weighted by atomic mass is 32.1. The molecule has 29 heavy (non-hydrogen) atoms. The molecular weight excluding hydrogens is 408 g/mol. The molecule has 0 aromatic carbocycles. The van der Waals surface area contributed by atoms with Gasteiger partial charge in [-0.25, -0.2) is 9.78 Å². The van der Waals surface area contributed by atoms with E-state index in [2.05, 4.69) is 10.3 Å². The van der Waals surface area contributed by atoms with E-state index in [0.29, 0.717) is 37.4 Å². The van der Waals surface area contributed by atoms with Crippen LogP contribution < -0.4 is 5.32 Å². The number of hydrogen-bond donors (Lipinski definition) is 1. The van der Waals surface area contributed by atoms with Crippen molar-refractivity contribution in [2.75, 3.05) is 13.1 Å². The van der Waals surface area contributed by atoms with Gasteiger partial charge in [0.1, 0.15) is 10.4 Å². The number of thiazole rings is 1. The van der Waals surface area contributed by atoms with E-state index in [1.165, 1.54) is 16.2 Å². The molecule has 7 nitrogen and oxygen atoms in total. The molecule has 2 fully saturated rings. The smallest absolute Gasteiger partial charge is 0.325 e. The van der Waals surface area contributed by atoms with E-state index < -0.39 is 5.54 Å². The van der Waals surface area contributed by atoms with E-state index in [0.717, 1.165) is 16.3 Å². The van der Waals surface area contributed by atoms with Crippen LogP contribution in [0.4, 0.5) is 4.79 Å². The summed E-state index contributed by atoms with van der Waals surface area (Å²) in [6.45, 7) is 7.02. The molecule has 2 saturated heterocycles. The number of likely N-dealkylation sites (tertiary alicyclic amines) is 1. The lowest BCUT2D eigenvalue weighted by Gasteiger charge is -2.38. The van der Waals surface area contributed by atoms with Crippen LogP contribution >= 0.6 is 22.7 Å². The number of aryl methyl sites for hydroxylation is 2. The van der Waals surface area contributed by atoms with Crippen LogP contribution in [-0.4, -0.2) is 51.3 Å². The van der Waals surface area contributed by atoms with Gasteiger partial charge in [-0.3, -0.25) is 14.5 Å². The fraction of sp³-hybridized carbons (Fsp3) is 0.500. The van der Waals surface area contributed by atoms with E-state index in [1.807, 2.05) is 42.5 Å². The molecule has 1 N–H and O–H groups in total. The van der Waals surface area contributed by atoms with E-state index >= 15 is 0 Å². The molecule has 154 valence electrons. The Morgan fingerprint density at radius 3 is 2.62 bits per heavy atom. The second kappa shape index (κ2) is 7.53. The summed E-state index contributed by atoms with van der Waals surface area (Å²) in [6.07, 6.45) is 1.36. The van der Waals surface area contributed by atoms with Crippen LogP contribution in [0.2, 0.25) is 0 Å². The van der Waals surface area contributed by atoms with E-state index in [-0.39, 0.29) is 23.8 Å². The number of rotatable bonds is 4. The number of imide groups is 1. The summed E-state index contributed by atoms with van der Waals surface area (Å²) in [4.78, 5) is 46.6. The zero-order chi connectivity index (χ0) is 20.8. The maximum Gasteiger partial charge on any atom is 0.325 e. The first-order valence-electron chi connectivity index (χ1n) is 9.68. The monoisotopic (exact) mass is 432 g/mol. The number of urea groups is 1. The molecule has 4 rings (SSSR count). The van der Waals surface area contributed by atoms with Crippen LogP contribution in [-0.2, 0) is 11.3 Å². The van der Waals surface area contributed by atoms with Crippen molar-refractivity contribution in [3.05, 3.63) is 38.0 Å². The third-order valence-corrected chi connectivity index (χ3v) is 7.71. The van der Waals surface area contributed by atoms with Crippen molar-refractivity contribution >= 4 is 40.5 Å². The lowest BCUT2D eigenvalue weighted by molar-refractivity contribution is -0.133. The molecule has 0 spiro atoms. The lowest BCUT2D eigenvalue weighted by Crippen LogP contribution is -2.54. The zero-order valence-corrected chi connectivity index (χ0v) is 18.4. The second-order valence-corrected chi connectivity index (χ2v) is 9.85. The number of carbonyl (C=O) groups is 3. The number of amides is 4. The molecule has 0 saturated carbocycles. The first kappa shape index (κ1) is 20.0. The molecule has 4 heterocycles. The van der Waals surface area contributed by atoms with Crippen LogP contribution in [0.15, 0.2) is 16.8 Å². The van der Waals surface area contributed by atoms with Crippen molar-refractivity contribution in [3.63, 3.8) is 0 Å². The predicted molar refractivity (Wildman–Crippen MR) is 112 cm³/mol. The van der Waals surface area contributed by atoms with Gasteiger partial charge in [-0.15, -0.1) is 11.3 Å². The summed E-state index contributed by atoms with van der Waals surface area (Å²) >= 11 is 2.97.